The molecule has 0 aliphatic heterocycles. The molecule has 2 N–H and O–H groups in total. The minimum atomic E-state index is 0. The van der Waals surface area contributed by atoms with Crippen molar-refractivity contribution in [3.05, 3.63) is 29.8 Å². The number of nitrogens with one attached hydrogen (secondary N) is 2. The number of guanidine groups is 1. The average molecular weight is 423 g/mol. The van der Waals surface area contributed by atoms with Crippen molar-refractivity contribution in [2.24, 2.45) is 4.99 Å². The monoisotopic (exact) mass is 423 g/mol. The van der Waals surface area contributed by atoms with Gasteiger partial charge in [0.25, 0.3) is 0 Å². The molecule has 0 bridgehead atoms. The van der Waals surface area contributed by atoms with Crippen molar-refractivity contribution < 1.29 is 4.74 Å². The first-order chi connectivity index (χ1) is 9.65. The third-order valence-corrected chi connectivity index (χ3v) is 3.72. The first kappa shape index (κ1) is 20.5. The van der Waals surface area contributed by atoms with E-state index < -0.39 is 0 Å². The first-order valence-corrected chi connectivity index (χ1v) is 7.80. The van der Waals surface area contributed by atoms with Gasteiger partial charge in [-0.25, -0.2) is 0 Å². The van der Waals surface area contributed by atoms with Crippen LogP contribution in [-0.4, -0.2) is 45.1 Å². The van der Waals surface area contributed by atoms with Crippen LogP contribution in [0.2, 0.25) is 0 Å². The molecule has 4 nitrogen and oxygen atoms in total. The Morgan fingerprint density at radius 1 is 1.33 bits per heavy atom. The van der Waals surface area contributed by atoms with Gasteiger partial charge in [0.05, 0.1) is 6.61 Å². The lowest BCUT2D eigenvalue weighted by Gasteiger charge is -2.17. The van der Waals surface area contributed by atoms with Crippen molar-refractivity contribution in [1.29, 1.82) is 0 Å². The molecule has 120 valence electrons. The number of thioether (sulfide) groups is 1. The van der Waals surface area contributed by atoms with Gasteiger partial charge in [-0.3, -0.25) is 4.99 Å². The summed E-state index contributed by atoms with van der Waals surface area (Å²) in [7, 11) is 3.48. The summed E-state index contributed by atoms with van der Waals surface area (Å²) < 4.78 is 5.09. The topological polar surface area (TPSA) is 45.7 Å². The van der Waals surface area contributed by atoms with E-state index in [1.807, 2.05) is 11.8 Å². The Balaban J connectivity index is 0.00000400. The molecule has 0 spiro atoms. The van der Waals surface area contributed by atoms with Crippen molar-refractivity contribution in [2.45, 2.75) is 24.8 Å². The molecule has 0 amide bonds. The van der Waals surface area contributed by atoms with Crippen LogP contribution in [0.1, 0.15) is 12.5 Å². The highest BCUT2D eigenvalue weighted by atomic mass is 127. The molecule has 21 heavy (non-hydrogen) atoms. The van der Waals surface area contributed by atoms with E-state index in [0.29, 0.717) is 6.61 Å². The number of hydrogen-bond acceptors (Lipinski definition) is 3. The lowest BCUT2D eigenvalue weighted by molar-refractivity contribution is 0.179. The number of hydrogen-bond donors (Lipinski definition) is 2. The third-order valence-electron chi connectivity index (χ3n) is 2.71. The summed E-state index contributed by atoms with van der Waals surface area (Å²) in [5, 5.41) is 6.58. The van der Waals surface area contributed by atoms with Crippen LogP contribution in [0.4, 0.5) is 0 Å². The third kappa shape index (κ3) is 9.21. The Bertz CT molecular complexity index is 412. The quantitative estimate of drug-likeness (QED) is 0.233. The van der Waals surface area contributed by atoms with E-state index in [0.717, 1.165) is 18.3 Å². The summed E-state index contributed by atoms with van der Waals surface area (Å²) in [5.74, 6) is 1.82. The Morgan fingerprint density at radius 3 is 2.57 bits per heavy atom. The summed E-state index contributed by atoms with van der Waals surface area (Å²) >= 11 is 1.84. The van der Waals surface area contributed by atoms with Gasteiger partial charge in [0.1, 0.15) is 0 Å². The lowest BCUT2D eigenvalue weighted by Crippen LogP contribution is -2.44. The molecule has 0 aliphatic carbocycles. The number of rotatable bonds is 7. The second-order valence-corrected chi connectivity index (χ2v) is 5.83. The van der Waals surface area contributed by atoms with Crippen LogP contribution in [0, 0.1) is 6.92 Å². The first-order valence-electron chi connectivity index (χ1n) is 6.81. The SMILES string of the molecule is CN=C(NCCSc1ccc(C)cc1)NC(C)COC.I. The number of ether oxygens (including phenoxy) is 1. The van der Waals surface area contributed by atoms with Gasteiger partial charge in [0.2, 0.25) is 0 Å². The summed E-state index contributed by atoms with van der Waals surface area (Å²) in [6, 6.07) is 8.85. The molecule has 6 heteroatoms. The number of methoxy groups -OCH3 is 1. The van der Waals surface area contributed by atoms with E-state index in [1.54, 1.807) is 14.2 Å². The molecule has 1 aromatic rings. The zero-order valence-electron chi connectivity index (χ0n) is 13.2. The highest BCUT2D eigenvalue weighted by molar-refractivity contribution is 14.0. The number of aliphatic imine (C=N–C) groups is 1. The maximum absolute atomic E-state index is 5.09. The van der Waals surface area contributed by atoms with Crippen LogP contribution >= 0.6 is 35.7 Å². The van der Waals surface area contributed by atoms with E-state index in [4.69, 9.17) is 4.74 Å². The molecule has 1 atom stereocenters. The Hall–Kier alpha value is -0.470. The fourth-order valence-electron chi connectivity index (χ4n) is 1.69. The Kier molecular flexibility index (Phi) is 11.8. The number of nitrogens with zero attached hydrogens (tertiary/aromatic N) is 1. The van der Waals surface area contributed by atoms with Crippen molar-refractivity contribution in [1.82, 2.24) is 10.6 Å². The van der Waals surface area contributed by atoms with Crippen molar-refractivity contribution >= 4 is 41.7 Å². The van der Waals surface area contributed by atoms with Gasteiger partial charge in [-0.2, -0.15) is 0 Å². The Labute approximate surface area is 149 Å². The standard InChI is InChI=1S/C15H25N3OS.HI/c1-12-5-7-14(8-6-12)20-10-9-17-15(16-3)18-13(2)11-19-4;/h5-8,13H,9-11H2,1-4H3,(H2,16,17,18);1H. The van der Waals surface area contributed by atoms with Crippen LogP contribution in [0.3, 0.4) is 0 Å². The van der Waals surface area contributed by atoms with Crippen molar-refractivity contribution in [3.8, 4) is 0 Å². The lowest BCUT2D eigenvalue weighted by atomic mass is 10.2. The van der Waals surface area contributed by atoms with Gasteiger partial charge in [0, 0.05) is 37.4 Å². The highest BCUT2D eigenvalue weighted by Gasteiger charge is 2.03. The maximum Gasteiger partial charge on any atom is 0.191 e. The summed E-state index contributed by atoms with van der Waals surface area (Å²) in [5.41, 5.74) is 1.30. The van der Waals surface area contributed by atoms with E-state index in [-0.39, 0.29) is 30.0 Å². The van der Waals surface area contributed by atoms with Crippen LogP contribution in [0.5, 0.6) is 0 Å². The minimum absolute atomic E-state index is 0. The molecular weight excluding hydrogens is 397 g/mol. The minimum Gasteiger partial charge on any atom is -0.383 e. The van der Waals surface area contributed by atoms with Crippen molar-refractivity contribution in [3.63, 3.8) is 0 Å². The Morgan fingerprint density at radius 2 is 2.00 bits per heavy atom. The predicted octanol–water partition coefficient (Wildman–Crippen LogP) is 2.91. The van der Waals surface area contributed by atoms with Gasteiger partial charge < -0.3 is 15.4 Å². The molecule has 0 saturated carbocycles. The predicted molar refractivity (Wildman–Crippen MR) is 103 cm³/mol. The summed E-state index contributed by atoms with van der Waals surface area (Å²) in [6.07, 6.45) is 0. The number of halogens is 1. The molecule has 1 rings (SSSR count). The van der Waals surface area contributed by atoms with Gasteiger partial charge in [-0.1, -0.05) is 17.7 Å². The smallest absolute Gasteiger partial charge is 0.191 e. The average Bonchev–Trinajstić information content (AvgIpc) is 2.44. The summed E-state index contributed by atoms with van der Waals surface area (Å²) in [4.78, 5) is 5.50. The number of benzene rings is 1. The normalized spacial score (nSPS) is 12.5. The fourth-order valence-corrected chi connectivity index (χ4v) is 2.46. The molecule has 0 fully saturated rings. The van der Waals surface area contributed by atoms with Gasteiger partial charge in [-0.05, 0) is 26.0 Å². The molecule has 0 aromatic heterocycles. The molecule has 0 radical (unpaired) electrons. The zero-order valence-corrected chi connectivity index (χ0v) is 16.3. The molecule has 1 aromatic carbocycles. The van der Waals surface area contributed by atoms with Gasteiger partial charge in [-0.15, -0.1) is 35.7 Å². The molecule has 0 aliphatic rings. The molecular formula is C15H26IN3OS. The van der Waals surface area contributed by atoms with E-state index >= 15 is 0 Å². The second kappa shape index (κ2) is 12.1. The number of aryl methyl sites for hydroxylation is 1. The molecule has 0 heterocycles. The summed E-state index contributed by atoms with van der Waals surface area (Å²) in [6.45, 7) is 5.71. The maximum atomic E-state index is 5.09. The van der Waals surface area contributed by atoms with E-state index in [1.165, 1.54) is 10.5 Å². The van der Waals surface area contributed by atoms with Crippen LogP contribution in [0.25, 0.3) is 0 Å². The molecule has 0 saturated heterocycles. The van der Waals surface area contributed by atoms with E-state index in [2.05, 4.69) is 53.7 Å². The fraction of sp³-hybridized carbons (Fsp3) is 0.533. The van der Waals surface area contributed by atoms with Gasteiger partial charge >= 0.3 is 0 Å². The largest absolute Gasteiger partial charge is 0.383 e. The van der Waals surface area contributed by atoms with Crippen LogP contribution < -0.4 is 10.6 Å². The van der Waals surface area contributed by atoms with Crippen LogP contribution in [-0.2, 0) is 4.74 Å². The zero-order chi connectivity index (χ0) is 14.8. The highest BCUT2D eigenvalue weighted by Crippen LogP contribution is 2.17. The van der Waals surface area contributed by atoms with Crippen molar-refractivity contribution in [2.75, 3.05) is 33.1 Å². The van der Waals surface area contributed by atoms with E-state index in [9.17, 15) is 0 Å². The molecule has 1 unspecified atom stereocenters. The second-order valence-electron chi connectivity index (χ2n) is 4.66. The van der Waals surface area contributed by atoms with Crippen LogP contribution in [0.15, 0.2) is 34.2 Å². The van der Waals surface area contributed by atoms with Gasteiger partial charge in [0.15, 0.2) is 5.96 Å².